The van der Waals surface area contributed by atoms with Crippen molar-refractivity contribution in [3.63, 3.8) is 0 Å². The number of hydrogen-bond donors (Lipinski definition) is 2. The summed E-state index contributed by atoms with van der Waals surface area (Å²) in [5.41, 5.74) is 1.65. The van der Waals surface area contributed by atoms with E-state index in [-0.39, 0.29) is 29.5 Å². The zero-order valence-corrected chi connectivity index (χ0v) is 16.9. The standard InChI is InChI=1S/C21H22ClFN2O4/c1-12-6-7-18(29-2)17(8-12)25-10-13(9-19(25)27)21(28)24-16(11-26)14-4-3-5-15(22)20(14)23/h3-8,13,16,26H,9-11H2,1-2H3,(H,24,28)/t13-,16+/m1/s1. The third kappa shape index (κ3) is 4.36. The lowest BCUT2D eigenvalue weighted by molar-refractivity contribution is -0.127. The molecule has 1 aliphatic heterocycles. The zero-order valence-electron chi connectivity index (χ0n) is 16.1. The van der Waals surface area contributed by atoms with E-state index in [4.69, 9.17) is 16.3 Å². The van der Waals surface area contributed by atoms with E-state index in [1.54, 1.807) is 12.1 Å². The lowest BCUT2D eigenvalue weighted by Gasteiger charge is -2.22. The van der Waals surface area contributed by atoms with Crippen molar-refractivity contribution in [2.24, 2.45) is 5.92 Å². The second kappa shape index (κ2) is 8.80. The van der Waals surface area contributed by atoms with E-state index in [1.807, 2.05) is 19.1 Å². The first-order chi connectivity index (χ1) is 13.8. The van der Waals surface area contributed by atoms with Gasteiger partial charge in [0.2, 0.25) is 11.8 Å². The molecule has 29 heavy (non-hydrogen) atoms. The van der Waals surface area contributed by atoms with Gasteiger partial charge in [0.05, 0.1) is 36.4 Å². The normalized spacial score (nSPS) is 17.3. The highest BCUT2D eigenvalue weighted by atomic mass is 35.5. The van der Waals surface area contributed by atoms with Gasteiger partial charge in [-0.05, 0) is 30.7 Å². The second-order valence-electron chi connectivity index (χ2n) is 6.97. The van der Waals surface area contributed by atoms with Gasteiger partial charge in [-0.15, -0.1) is 0 Å². The molecule has 2 amide bonds. The Labute approximate surface area is 173 Å². The number of rotatable bonds is 6. The van der Waals surface area contributed by atoms with Gasteiger partial charge in [0.15, 0.2) is 0 Å². The SMILES string of the molecule is COc1ccc(C)cc1N1C[C@H](C(=O)N[C@@H](CO)c2cccc(Cl)c2F)CC1=O. The van der Waals surface area contributed by atoms with Crippen molar-refractivity contribution in [1.82, 2.24) is 5.32 Å². The molecule has 0 spiro atoms. The molecule has 1 fully saturated rings. The van der Waals surface area contributed by atoms with Gasteiger partial charge in [0.25, 0.3) is 0 Å². The van der Waals surface area contributed by atoms with Crippen LogP contribution in [0.15, 0.2) is 36.4 Å². The summed E-state index contributed by atoms with van der Waals surface area (Å²) in [6.45, 7) is 1.57. The molecule has 0 bridgehead atoms. The Morgan fingerprint density at radius 1 is 1.41 bits per heavy atom. The van der Waals surface area contributed by atoms with Crippen LogP contribution in [0.1, 0.15) is 23.6 Å². The van der Waals surface area contributed by atoms with Crippen LogP contribution in [0.2, 0.25) is 5.02 Å². The molecule has 0 saturated carbocycles. The molecule has 2 N–H and O–H groups in total. The van der Waals surface area contributed by atoms with Gasteiger partial charge in [0, 0.05) is 18.5 Å². The summed E-state index contributed by atoms with van der Waals surface area (Å²) in [7, 11) is 1.52. The van der Waals surface area contributed by atoms with E-state index >= 15 is 0 Å². The summed E-state index contributed by atoms with van der Waals surface area (Å²) in [6.07, 6.45) is 0.0130. The number of anilines is 1. The number of nitrogens with zero attached hydrogens (tertiary/aromatic N) is 1. The van der Waals surface area contributed by atoms with E-state index in [1.165, 1.54) is 24.1 Å². The minimum atomic E-state index is -0.959. The zero-order chi connectivity index (χ0) is 21.1. The average molecular weight is 421 g/mol. The fourth-order valence-electron chi connectivity index (χ4n) is 3.43. The molecule has 1 saturated heterocycles. The number of halogens is 2. The lowest BCUT2D eigenvalue weighted by atomic mass is 10.0. The number of aryl methyl sites for hydroxylation is 1. The molecule has 0 aliphatic carbocycles. The summed E-state index contributed by atoms with van der Waals surface area (Å²) in [4.78, 5) is 26.8. The molecule has 3 rings (SSSR count). The maximum absolute atomic E-state index is 14.3. The summed E-state index contributed by atoms with van der Waals surface area (Å²) in [5.74, 6) is -1.43. The summed E-state index contributed by atoms with van der Waals surface area (Å²) in [5, 5.41) is 12.2. The Bertz CT molecular complexity index is 937. The first kappa shape index (κ1) is 21.1. The van der Waals surface area contributed by atoms with Crippen molar-refractivity contribution < 1.29 is 23.8 Å². The molecule has 2 aromatic rings. The number of aliphatic hydroxyl groups excluding tert-OH is 1. The van der Waals surface area contributed by atoms with E-state index in [0.29, 0.717) is 11.4 Å². The van der Waals surface area contributed by atoms with Crippen LogP contribution >= 0.6 is 11.6 Å². The lowest BCUT2D eigenvalue weighted by Crippen LogP contribution is -2.37. The minimum absolute atomic E-state index is 0.0130. The van der Waals surface area contributed by atoms with E-state index < -0.39 is 30.3 Å². The van der Waals surface area contributed by atoms with Crippen LogP contribution in [0.25, 0.3) is 0 Å². The Morgan fingerprint density at radius 2 is 2.17 bits per heavy atom. The van der Waals surface area contributed by atoms with Crippen LogP contribution < -0.4 is 15.0 Å². The van der Waals surface area contributed by atoms with Gasteiger partial charge >= 0.3 is 0 Å². The molecule has 8 heteroatoms. The van der Waals surface area contributed by atoms with Crippen LogP contribution in [0.5, 0.6) is 5.75 Å². The number of hydrogen-bond acceptors (Lipinski definition) is 4. The van der Waals surface area contributed by atoms with Crippen molar-refractivity contribution in [1.29, 1.82) is 0 Å². The van der Waals surface area contributed by atoms with Gasteiger partial charge in [-0.25, -0.2) is 4.39 Å². The fourth-order valence-corrected chi connectivity index (χ4v) is 3.61. The molecular weight excluding hydrogens is 399 g/mol. The predicted molar refractivity (Wildman–Crippen MR) is 108 cm³/mol. The van der Waals surface area contributed by atoms with E-state index in [2.05, 4.69) is 5.32 Å². The molecule has 0 radical (unpaired) electrons. The Hall–Kier alpha value is -2.64. The molecule has 6 nitrogen and oxygen atoms in total. The van der Waals surface area contributed by atoms with Crippen LogP contribution in [-0.2, 0) is 9.59 Å². The fraction of sp³-hybridized carbons (Fsp3) is 0.333. The number of carbonyl (C=O) groups is 2. The Kier molecular flexibility index (Phi) is 6.39. The number of aliphatic hydroxyl groups is 1. The highest BCUT2D eigenvalue weighted by Crippen LogP contribution is 2.34. The van der Waals surface area contributed by atoms with Crippen molar-refractivity contribution >= 4 is 29.1 Å². The molecule has 2 aromatic carbocycles. The average Bonchev–Trinajstić information content (AvgIpc) is 3.10. The van der Waals surface area contributed by atoms with Crippen LogP contribution in [0, 0.1) is 18.7 Å². The second-order valence-corrected chi connectivity index (χ2v) is 7.37. The highest BCUT2D eigenvalue weighted by Gasteiger charge is 2.37. The highest BCUT2D eigenvalue weighted by molar-refractivity contribution is 6.30. The van der Waals surface area contributed by atoms with Crippen molar-refractivity contribution in [3.05, 3.63) is 58.4 Å². The molecule has 154 valence electrons. The molecule has 1 heterocycles. The molecule has 1 aliphatic rings. The van der Waals surface area contributed by atoms with Gasteiger partial charge in [0.1, 0.15) is 11.6 Å². The Balaban J connectivity index is 1.76. The van der Waals surface area contributed by atoms with Crippen molar-refractivity contribution in [2.45, 2.75) is 19.4 Å². The van der Waals surface area contributed by atoms with Crippen LogP contribution in [-0.4, -0.2) is 37.2 Å². The molecule has 0 aromatic heterocycles. The van der Waals surface area contributed by atoms with Crippen LogP contribution in [0.3, 0.4) is 0 Å². The van der Waals surface area contributed by atoms with E-state index in [9.17, 15) is 19.1 Å². The number of carbonyl (C=O) groups excluding carboxylic acids is 2. The summed E-state index contributed by atoms with van der Waals surface area (Å²) < 4.78 is 19.6. The first-order valence-electron chi connectivity index (χ1n) is 9.15. The van der Waals surface area contributed by atoms with Crippen molar-refractivity contribution in [3.8, 4) is 5.75 Å². The maximum Gasteiger partial charge on any atom is 0.227 e. The van der Waals surface area contributed by atoms with Crippen molar-refractivity contribution in [2.75, 3.05) is 25.2 Å². The number of benzene rings is 2. The van der Waals surface area contributed by atoms with Gasteiger partial charge < -0.3 is 20.1 Å². The topological polar surface area (TPSA) is 78.9 Å². The summed E-state index contributed by atoms with van der Waals surface area (Å²) >= 11 is 5.79. The van der Waals surface area contributed by atoms with E-state index in [0.717, 1.165) is 5.56 Å². The molecule has 2 atom stereocenters. The number of ether oxygens (including phenoxy) is 1. The van der Waals surface area contributed by atoms with Crippen LogP contribution in [0.4, 0.5) is 10.1 Å². The quantitative estimate of drug-likeness (QED) is 0.753. The third-order valence-corrected chi connectivity index (χ3v) is 5.27. The molecular formula is C21H22ClFN2O4. The number of nitrogens with one attached hydrogen (secondary N) is 1. The van der Waals surface area contributed by atoms with Gasteiger partial charge in [-0.3, -0.25) is 9.59 Å². The Morgan fingerprint density at radius 3 is 2.86 bits per heavy atom. The number of methoxy groups -OCH3 is 1. The van der Waals surface area contributed by atoms with Gasteiger partial charge in [-0.1, -0.05) is 29.8 Å². The third-order valence-electron chi connectivity index (χ3n) is 4.98. The largest absolute Gasteiger partial charge is 0.495 e. The summed E-state index contributed by atoms with van der Waals surface area (Å²) in [6, 6.07) is 8.90. The first-order valence-corrected chi connectivity index (χ1v) is 9.53. The molecule has 0 unspecified atom stereocenters. The monoisotopic (exact) mass is 420 g/mol. The minimum Gasteiger partial charge on any atom is -0.495 e. The smallest absolute Gasteiger partial charge is 0.227 e. The number of amides is 2. The van der Waals surface area contributed by atoms with Gasteiger partial charge in [-0.2, -0.15) is 0 Å². The maximum atomic E-state index is 14.3. The predicted octanol–water partition coefficient (Wildman–Crippen LogP) is 3.00.